The molecule has 1 unspecified atom stereocenters. The molecular formula is C28H25N7O5. The van der Waals surface area contributed by atoms with Gasteiger partial charge in [-0.05, 0) is 29.8 Å². The van der Waals surface area contributed by atoms with E-state index in [1.165, 1.54) is 30.7 Å². The second-order valence-electron chi connectivity index (χ2n) is 9.44. The Balaban J connectivity index is 1.39. The molecular weight excluding hydrogens is 514 g/mol. The first-order valence-corrected chi connectivity index (χ1v) is 12.5. The number of ketones is 1. The van der Waals surface area contributed by atoms with Crippen LogP contribution in [0.15, 0.2) is 55.0 Å². The normalized spacial score (nSPS) is 14.5. The third-order valence-corrected chi connectivity index (χ3v) is 6.46. The summed E-state index contributed by atoms with van der Waals surface area (Å²) >= 11 is 0. The van der Waals surface area contributed by atoms with E-state index in [9.17, 15) is 20.2 Å². The third-order valence-electron chi connectivity index (χ3n) is 6.46. The molecule has 1 N–H and O–H groups in total. The molecule has 0 radical (unpaired) electrons. The molecule has 5 rings (SSSR count). The Labute approximate surface area is 229 Å². The molecule has 1 aliphatic rings. The van der Waals surface area contributed by atoms with Crippen LogP contribution < -0.4 is 15.0 Å². The number of nitrogens with one attached hydrogen (secondary N) is 1. The van der Waals surface area contributed by atoms with Gasteiger partial charge in [0.2, 0.25) is 5.95 Å². The number of aromatic nitrogens is 3. The zero-order valence-electron chi connectivity index (χ0n) is 21.8. The average molecular weight is 540 g/mol. The van der Waals surface area contributed by atoms with Gasteiger partial charge < -0.3 is 19.7 Å². The number of ether oxygens (including phenoxy) is 2. The van der Waals surface area contributed by atoms with Crippen molar-refractivity contribution in [1.82, 2.24) is 15.0 Å². The fourth-order valence-electron chi connectivity index (χ4n) is 4.31. The molecule has 1 atom stereocenters. The molecule has 0 saturated carbocycles. The van der Waals surface area contributed by atoms with Gasteiger partial charge in [0.05, 0.1) is 34.9 Å². The first-order chi connectivity index (χ1) is 19.3. The van der Waals surface area contributed by atoms with E-state index < -0.39 is 4.92 Å². The summed E-state index contributed by atoms with van der Waals surface area (Å²) in [6.45, 7) is 0.880. The van der Waals surface area contributed by atoms with E-state index in [0.717, 1.165) is 5.69 Å². The van der Waals surface area contributed by atoms with E-state index in [4.69, 9.17) is 9.47 Å². The Morgan fingerprint density at radius 3 is 2.58 bits per heavy atom. The fourth-order valence-corrected chi connectivity index (χ4v) is 4.31. The smallest absolute Gasteiger partial charge is 0.311 e. The van der Waals surface area contributed by atoms with Crippen LogP contribution in [0.3, 0.4) is 0 Å². The van der Waals surface area contributed by atoms with Gasteiger partial charge in [-0.2, -0.15) is 5.26 Å². The molecule has 2 aromatic heterocycles. The highest BCUT2D eigenvalue weighted by molar-refractivity contribution is 5.98. The third kappa shape index (κ3) is 5.64. The lowest BCUT2D eigenvalue weighted by atomic mass is 10.0. The summed E-state index contributed by atoms with van der Waals surface area (Å²) in [7, 11) is 3.86. The maximum atomic E-state index is 12.7. The van der Waals surface area contributed by atoms with Crippen molar-refractivity contribution in [2.45, 2.75) is 18.9 Å². The van der Waals surface area contributed by atoms with Crippen molar-refractivity contribution in [2.75, 3.05) is 37.5 Å². The second-order valence-corrected chi connectivity index (χ2v) is 9.44. The van der Waals surface area contributed by atoms with Gasteiger partial charge >= 0.3 is 5.69 Å². The number of benzene rings is 2. The lowest BCUT2D eigenvalue weighted by molar-refractivity contribution is -0.385. The molecule has 40 heavy (non-hydrogen) atoms. The molecule has 0 spiro atoms. The number of carbonyl (C=O) groups excluding carboxylic acids is 1. The van der Waals surface area contributed by atoms with Crippen molar-refractivity contribution in [2.24, 2.45) is 0 Å². The number of hydrogen-bond donors (Lipinski definition) is 1. The molecule has 0 amide bonds. The summed E-state index contributed by atoms with van der Waals surface area (Å²) in [5.41, 5.74) is 2.75. The summed E-state index contributed by atoms with van der Waals surface area (Å²) in [6, 6.07) is 12.2. The van der Waals surface area contributed by atoms with E-state index >= 15 is 0 Å². The molecule has 12 nitrogen and oxygen atoms in total. The summed E-state index contributed by atoms with van der Waals surface area (Å²) in [6.07, 6.45) is 4.87. The van der Waals surface area contributed by atoms with Gasteiger partial charge in [-0.3, -0.25) is 19.9 Å². The highest BCUT2D eigenvalue weighted by atomic mass is 16.6. The number of fused-ring (bicyclic) bond motifs is 1. The van der Waals surface area contributed by atoms with Crippen molar-refractivity contribution in [3.05, 3.63) is 81.8 Å². The predicted molar refractivity (Wildman–Crippen MR) is 147 cm³/mol. The fraction of sp³-hybridized carbons (Fsp3) is 0.250. The zero-order valence-corrected chi connectivity index (χ0v) is 21.8. The van der Waals surface area contributed by atoms with Crippen molar-refractivity contribution < 1.29 is 19.2 Å². The number of nitrogens with zero attached hydrogens (tertiary/aromatic N) is 6. The van der Waals surface area contributed by atoms with Crippen molar-refractivity contribution in [1.29, 1.82) is 5.26 Å². The standard InChI is InChI=1S/C28H25N7O5/c1-34(2)20-5-3-18(4-6-20)25(36)9-17-13-31-28(32-14-17)33-27-19(12-29)15-30-23-11-26(40-21-7-8-39-16-21)24(35(37)38)10-22(23)27/h3-6,10-11,13-15,21H,7-9,16H2,1-2H3,(H,30,31,32,33). The number of Topliss-reactive ketones (excluding diaryl/α,β-unsaturated/α-hetero) is 1. The van der Waals surface area contributed by atoms with Gasteiger partial charge in [-0.15, -0.1) is 0 Å². The number of nitro groups is 1. The number of hydrogen-bond acceptors (Lipinski definition) is 11. The highest BCUT2D eigenvalue weighted by Gasteiger charge is 2.25. The van der Waals surface area contributed by atoms with Gasteiger partial charge in [-0.25, -0.2) is 9.97 Å². The summed E-state index contributed by atoms with van der Waals surface area (Å²) in [4.78, 5) is 38.9. The number of pyridine rings is 1. The highest BCUT2D eigenvalue weighted by Crippen LogP contribution is 2.37. The van der Waals surface area contributed by atoms with Crippen LogP contribution in [0.4, 0.5) is 23.0 Å². The van der Waals surface area contributed by atoms with E-state index in [0.29, 0.717) is 41.7 Å². The molecule has 2 aromatic carbocycles. The van der Waals surface area contributed by atoms with Crippen LogP contribution in [0.5, 0.6) is 5.75 Å². The van der Waals surface area contributed by atoms with E-state index in [1.54, 1.807) is 12.1 Å². The van der Waals surface area contributed by atoms with E-state index in [-0.39, 0.29) is 46.9 Å². The second kappa shape index (κ2) is 11.3. The minimum absolute atomic E-state index is 0.0731. The quantitative estimate of drug-likeness (QED) is 0.185. The topological polar surface area (TPSA) is 156 Å². The maximum Gasteiger partial charge on any atom is 0.311 e. The SMILES string of the molecule is CN(C)c1ccc(C(=O)Cc2cnc(Nc3c(C#N)cnc4cc(OC5CCOC5)c([N+](=O)[O-])cc34)nc2)cc1. The molecule has 1 aliphatic heterocycles. The van der Waals surface area contributed by atoms with Gasteiger partial charge in [0.15, 0.2) is 11.5 Å². The van der Waals surface area contributed by atoms with Crippen LogP contribution in [-0.2, 0) is 11.2 Å². The number of anilines is 3. The minimum atomic E-state index is -0.538. The number of carbonyl (C=O) groups is 1. The van der Waals surface area contributed by atoms with Gasteiger partial charge in [-0.1, -0.05) is 0 Å². The summed E-state index contributed by atoms with van der Waals surface area (Å²) in [5, 5.41) is 24.9. The molecule has 1 saturated heterocycles. The van der Waals surface area contributed by atoms with Crippen molar-refractivity contribution in [3.8, 4) is 11.8 Å². The number of rotatable bonds is 9. The summed E-state index contributed by atoms with van der Waals surface area (Å²) in [5.74, 6) is 0.162. The lowest BCUT2D eigenvalue weighted by Gasteiger charge is -2.14. The van der Waals surface area contributed by atoms with Crippen LogP contribution in [0.2, 0.25) is 0 Å². The van der Waals surface area contributed by atoms with Crippen LogP contribution in [0.1, 0.15) is 27.9 Å². The van der Waals surface area contributed by atoms with Crippen LogP contribution in [0.25, 0.3) is 10.9 Å². The molecule has 0 bridgehead atoms. The Morgan fingerprint density at radius 2 is 1.95 bits per heavy atom. The largest absolute Gasteiger partial charge is 0.481 e. The maximum absolute atomic E-state index is 12.7. The molecule has 1 fully saturated rings. The monoisotopic (exact) mass is 539 g/mol. The Bertz CT molecular complexity index is 1610. The minimum Gasteiger partial charge on any atom is -0.481 e. The molecule has 3 heterocycles. The van der Waals surface area contributed by atoms with E-state index in [2.05, 4.69) is 26.3 Å². The lowest BCUT2D eigenvalue weighted by Crippen LogP contribution is -2.16. The van der Waals surface area contributed by atoms with Gasteiger partial charge in [0.25, 0.3) is 0 Å². The van der Waals surface area contributed by atoms with Crippen LogP contribution in [0, 0.1) is 21.4 Å². The van der Waals surface area contributed by atoms with Crippen molar-refractivity contribution in [3.63, 3.8) is 0 Å². The van der Waals surface area contributed by atoms with Gasteiger partial charge in [0, 0.05) is 74.3 Å². The first kappa shape index (κ1) is 26.5. The van der Waals surface area contributed by atoms with Gasteiger partial charge in [0.1, 0.15) is 12.2 Å². The van der Waals surface area contributed by atoms with E-state index in [1.807, 2.05) is 31.1 Å². The molecule has 12 heteroatoms. The molecule has 0 aliphatic carbocycles. The number of nitro benzene ring substituents is 1. The zero-order chi connectivity index (χ0) is 28.2. The number of nitriles is 1. The molecule has 4 aromatic rings. The predicted octanol–water partition coefficient (Wildman–Crippen LogP) is 4.21. The Kier molecular flexibility index (Phi) is 7.48. The molecule has 202 valence electrons. The Morgan fingerprint density at radius 1 is 1.20 bits per heavy atom. The van der Waals surface area contributed by atoms with Crippen molar-refractivity contribution >= 4 is 39.7 Å². The van der Waals surface area contributed by atoms with Crippen LogP contribution in [-0.4, -0.2) is 59.1 Å². The average Bonchev–Trinajstić information content (AvgIpc) is 3.47. The summed E-state index contributed by atoms with van der Waals surface area (Å²) < 4.78 is 11.1. The Hall–Kier alpha value is -5.15. The van der Waals surface area contributed by atoms with Crippen LogP contribution >= 0.6 is 0 Å². The first-order valence-electron chi connectivity index (χ1n) is 12.5.